The fraction of sp³-hybridized carbons (Fsp3) is 0.462. The number of hydrogen-bond donors (Lipinski definition) is 2. The summed E-state index contributed by atoms with van der Waals surface area (Å²) < 4.78 is 0. The van der Waals surface area contributed by atoms with Crippen LogP contribution in [-0.2, 0) is 13.1 Å². The van der Waals surface area contributed by atoms with Crippen molar-refractivity contribution in [3.05, 3.63) is 71.3 Å². The van der Waals surface area contributed by atoms with Gasteiger partial charge in [-0.3, -0.25) is 14.7 Å². The van der Waals surface area contributed by atoms with Crippen molar-refractivity contribution < 1.29 is 4.79 Å². The molecule has 6 heteroatoms. The van der Waals surface area contributed by atoms with E-state index in [1.54, 1.807) is 7.05 Å². The van der Waals surface area contributed by atoms with Crippen LogP contribution >= 0.6 is 0 Å². The Morgan fingerprint density at radius 1 is 1.03 bits per heavy atom. The van der Waals surface area contributed by atoms with Crippen molar-refractivity contribution >= 4 is 11.9 Å². The van der Waals surface area contributed by atoms with Gasteiger partial charge < -0.3 is 15.5 Å². The van der Waals surface area contributed by atoms with Crippen molar-refractivity contribution in [1.29, 1.82) is 0 Å². The maximum absolute atomic E-state index is 12.5. The molecule has 0 aliphatic carbocycles. The van der Waals surface area contributed by atoms with E-state index in [0.717, 1.165) is 49.8 Å². The Kier molecular flexibility index (Phi) is 9.11. The molecule has 2 aromatic rings. The SMILES string of the molecule is CCN(CC)C(=O)c1ccc(CNC(=NC)NCC2CCCN2Cc2ccccc2)cc1. The Morgan fingerprint density at radius 2 is 1.75 bits per heavy atom. The number of carbonyl (C=O) groups excluding carboxylic acids is 1. The molecule has 0 bridgehead atoms. The second kappa shape index (κ2) is 12.2. The van der Waals surface area contributed by atoms with Gasteiger partial charge in [-0.05, 0) is 56.5 Å². The third-order valence-electron chi connectivity index (χ3n) is 6.17. The van der Waals surface area contributed by atoms with Crippen molar-refractivity contribution in [2.45, 2.75) is 45.8 Å². The highest BCUT2D eigenvalue weighted by atomic mass is 16.2. The number of guanidine groups is 1. The second-order valence-corrected chi connectivity index (χ2v) is 8.23. The van der Waals surface area contributed by atoms with Crippen LogP contribution in [0.15, 0.2) is 59.6 Å². The van der Waals surface area contributed by atoms with Gasteiger partial charge in [0.2, 0.25) is 0 Å². The Bertz CT molecular complexity index is 862. The van der Waals surface area contributed by atoms with Crippen LogP contribution in [0.25, 0.3) is 0 Å². The van der Waals surface area contributed by atoms with E-state index >= 15 is 0 Å². The van der Waals surface area contributed by atoms with Crippen molar-refractivity contribution in [3.8, 4) is 0 Å². The number of nitrogens with zero attached hydrogens (tertiary/aromatic N) is 3. The van der Waals surface area contributed by atoms with Crippen LogP contribution in [0, 0.1) is 0 Å². The molecule has 2 N–H and O–H groups in total. The van der Waals surface area contributed by atoms with Gasteiger partial charge in [-0.25, -0.2) is 0 Å². The number of likely N-dealkylation sites (tertiary alicyclic amines) is 1. The van der Waals surface area contributed by atoms with Crippen LogP contribution in [-0.4, -0.2) is 60.9 Å². The first-order chi connectivity index (χ1) is 15.6. The maximum Gasteiger partial charge on any atom is 0.253 e. The third kappa shape index (κ3) is 6.57. The van der Waals surface area contributed by atoms with Gasteiger partial charge in [0.25, 0.3) is 5.91 Å². The fourth-order valence-electron chi connectivity index (χ4n) is 4.23. The molecule has 172 valence electrons. The molecule has 1 aliphatic heterocycles. The van der Waals surface area contributed by atoms with E-state index in [2.05, 4.69) is 50.9 Å². The zero-order valence-electron chi connectivity index (χ0n) is 19.7. The molecule has 1 saturated heterocycles. The monoisotopic (exact) mass is 435 g/mol. The van der Waals surface area contributed by atoms with Crippen LogP contribution in [0.3, 0.4) is 0 Å². The van der Waals surface area contributed by atoms with Gasteiger partial charge in [0, 0.05) is 51.4 Å². The lowest BCUT2D eigenvalue weighted by atomic mass is 10.1. The molecule has 1 aliphatic rings. The molecule has 0 aromatic heterocycles. The molecule has 0 radical (unpaired) electrons. The first-order valence-electron chi connectivity index (χ1n) is 11.7. The minimum Gasteiger partial charge on any atom is -0.355 e. The molecule has 6 nitrogen and oxygen atoms in total. The van der Waals surface area contributed by atoms with Gasteiger partial charge in [0.1, 0.15) is 0 Å². The van der Waals surface area contributed by atoms with E-state index in [9.17, 15) is 4.79 Å². The van der Waals surface area contributed by atoms with Crippen LogP contribution in [0.5, 0.6) is 0 Å². The molecular weight excluding hydrogens is 398 g/mol. The molecule has 1 atom stereocenters. The Hall–Kier alpha value is -2.86. The summed E-state index contributed by atoms with van der Waals surface area (Å²) in [5, 5.41) is 6.89. The standard InChI is InChI=1S/C26H37N5O/c1-4-30(5-2)25(32)23-15-13-21(14-16-23)18-28-26(27-3)29-19-24-12-9-17-31(24)20-22-10-7-6-8-11-22/h6-8,10-11,13-16,24H,4-5,9,12,17-20H2,1-3H3,(H2,27,28,29). The summed E-state index contributed by atoms with van der Waals surface area (Å²) in [4.78, 5) is 21.2. The summed E-state index contributed by atoms with van der Waals surface area (Å²) >= 11 is 0. The first kappa shape index (κ1) is 23.8. The van der Waals surface area contributed by atoms with Crippen LogP contribution in [0.4, 0.5) is 0 Å². The maximum atomic E-state index is 12.5. The summed E-state index contributed by atoms with van der Waals surface area (Å²) in [6, 6.07) is 19.0. The molecule has 3 rings (SSSR count). The highest BCUT2D eigenvalue weighted by Gasteiger charge is 2.24. The molecular formula is C26H37N5O. The number of nitrogens with one attached hydrogen (secondary N) is 2. The summed E-state index contributed by atoms with van der Waals surface area (Å²) in [5.41, 5.74) is 3.22. The van der Waals surface area contributed by atoms with E-state index in [0.29, 0.717) is 12.6 Å². The number of aliphatic imine (C=N–C) groups is 1. The van der Waals surface area contributed by atoms with E-state index in [1.165, 1.54) is 18.4 Å². The molecule has 2 aromatic carbocycles. The number of rotatable bonds is 9. The average Bonchev–Trinajstić information content (AvgIpc) is 3.27. The average molecular weight is 436 g/mol. The van der Waals surface area contributed by atoms with Gasteiger partial charge in [-0.15, -0.1) is 0 Å². The minimum absolute atomic E-state index is 0.0867. The molecule has 1 heterocycles. The highest BCUT2D eigenvalue weighted by Crippen LogP contribution is 2.19. The van der Waals surface area contributed by atoms with Gasteiger partial charge in [-0.2, -0.15) is 0 Å². The largest absolute Gasteiger partial charge is 0.355 e. The predicted molar refractivity (Wildman–Crippen MR) is 132 cm³/mol. The second-order valence-electron chi connectivity index (χ2n) is 8.23. The van der Waals surface area contributed by atoms with Crippen molar-refractivity contribution in [3.63, 3.8) is 0 Å². The van der Waals surface area contributed by atoms with Crippen molar-refractivity contribution in [2.75, 3.05) is 33.2 Å². The van der Waals surface area contributed by atoms with E-state index < -0.39 is 0 Å². The molecule has 1 unspecified atom stereocenters. The van der Waals surface area contributed by atoms with Gasteiger partial charge in [-0.1, -0.05) is 42.5 Å². The zero-order chi connectivity index (χ0) is 22.8. The van der Waals surface area contributed by atoms with E-state index in [4.69, 9.17) is 0 Å². The normalized spacial score (nSPS) is 16.7. The number of amides is 1. The molecule has 1 amide bonds. The van der Waals surface area contributed by atoms with Crippen LogP contribution in [0.1, 0.15) is 48.2 Å². The number of benzene rings is 2. The lowest BCUT2D eigenvalue weighted by Gasteiger charge is -2.25. The topological polar surface area (TPSA) is 60.0 Å². The quantitative estimate of drug-likeness (QED) is 0.468. The van der Waals surface area contributed by atoms with Crippen LogP contribution < -0.4 is 10.6 Å². The fourth-order valence-corrected chi connectivity index (χ4v) is 4.23. The Morgan fingerprint density at radius 3 is 2.41 bits per heavy atom. The Balaban J connectivity index is 1.47. The van der Waals surface area contributed by atoms with Gasteiger partial charge in [0.15, 0.2) is 5.96 Å². The van der Waals surface area contributed by atoms with Gasteiger partial charge in [0.05, 0.1) is 0 Å². The predicted octanol–water partition coefficient (Wildman–Crippen LogP) is 3.50. The molecule has 32 heavy (non-hydrogen) atoms. The van der Waals surface area contributed by atoms with E-state index in [1.807, 2.05) is 43.0 Å². The molecule has 0 saturated carbocycles. The number of hydrogen-bond acceptors (Lipinski definition) is 3. The Labute approximate surface area is 192 Å². The summed E-state index contributed by atoms with van der Waals surface area (Å²) in [5.74, 6) is 0.892. The third-order valence-corrected chi connectivity index (χ3v) is 6.17. The van der Waals surface area contributed by atoms with Gasteiger partial charge >= 0.3 is 0 Å². The lowest BCUT2D eigenvalue weighted by molar-refractivity contribution is 0.0773. The lowest BCUT2D eigenvalue weighted by Crippen LogP contribution is -2.44. The van der Waals surface area contributed by atoms with E-state index in [-0.39, 0.29) is 5.91 Å². The summed E-state index contributed by atoms with van der Waals surface area (Å²) in [6.45, 7) is 9.15. The molecule has 1 fully saturated rings. The molecule has 0 spiro atoms. The smallest absolute Gasteiger partial charge is 0.253 e. The summed E-state index contributed by atoms with van der Waals surface area (Å²) in [6.07, 6.45) is 2.45. The van der Waals surface area contributed by atoms with Crippen LogP contribution in [0.2, 0.25) is 0 Å². The highest BCUT2D eigenvalue weighted by molar-refractivity contribution is 5.94. The minimum atomic E-state index is 0.0867. The number of carbonyl (C=O) groups is 1. The summed E-state index contributed by atoms with van der Waals surface area (Å²) in [7, 11) is 1.80. The first-order valence-corrected chi connectivity index (χ1v) is 11.7. The zero-order valence-corrected chi connectivity index (χ0v) is 19.7. The van der Waals surface area contributed by atoms with Crippen molar-refractivity contribution in [1.82, 2.24) is 20.4 Å². The van der Waals surface area contributed by atoms with Crippen molar-refractivity contribution in [2.24, 2.45) is 4.99 Å².